The number of ether oxygens (including phenoxy) is 1. The fourth-order valence-electron chi connectivity index (χ4n) is 3.22. The van der Waals surface area contributed by atoms with Gasteiger partial charge in [-0.2, -0.15) is 0 Å². The van der Waals surface area contributed by atoms with Gasteiger partial charge in [0.05, 0.1) is 24.1 Å². The summed E-state index contributed by atoms with van der Waals surface area (Å²) in [6.45, 7) is 1.75. The van der Waals surface area contributed by atoms with E-state index < -0.39 is 0 Å². The van der Waals surface area contributed by atoms with E-state index in [0.29, 0.717) is 25.3 Å². The van der Waals surface area contributed by atoms with Crippen LogP contribution in [0.15, 0.2) is 78.9 Å². The highest BCUT2D eigenvalue weighted by Crippen LogP contribution is 2.16. The lowest BCUT2D eigenvalue weighted by Gasteiger charge is -2.08. The molecule has 4 rings (SSSR count). The Labute approximate surface area is 174 Å². The van der Waals surface area contributed by atoms with Gasteiger partial charge in [-0.15, -0.1) is 12.4 Å². The zero-order valence-electron chi connectivity index (χ0n) is 15.2. The molecule has 4 nitrogen and oxygen atoms in total. The quantitative estimate of drug-likeness (QED) is 0.467. The van der Waals surface area contributed by atoms with Crippen molar-refractivity contribution >= 4 is 35.0 Å². The van der Waals surface area contributed by atoms with Crippen LogP contribution in [0.2, 0.25) is 5.02 Å². The van der Waals surface area contributed by atoms with Crippen molar-refractivity contribution in [1.82, 2.24) is 9.13 Å². The Kier molecular flexibility index (Phi) is 6.45. The second-order valence-electron chi connectivity index (χ2n) is 6.34. The van der Waals surface area contributed by atoms with E-state index in [1.165, 1.54) is 0 Å². The fraction of sp³-hybridized carbons (Fsp3) is 0.136. The highest BCUT2D eigenvalue weighted by Gasteiger charge is 2.11. The van der Waals surface area contributed by atoms with E-state index in [0.717, 1.165) is 27.4 Å². The molecule has 6 heteroatoms. The second-order valence-corrected chi connectivity index (χ2v) is 6.77. The normalized spacial score (nSPS) is 10.6. The maximum atomic E-state index is 8.69. The van der Waals surface area contributed by atoms with Gasteiger partial charge in [0.15, 0.2) is 0 Å². The molecule has 1 heterocycles. The maximum absolute atomic E-state index is 8.69. The Morgan fingerprint density at radius 3 is 2.07 bits per heavy atom. The van der Waals surface area contributed by atoms with Crippen molar-refractivity contribution in [2.45, 2.75) is 13.1 Å². The van der Waals surface area contributed by atoms with Gasteiger partial charge in [0.25, 0.3) is 0 Å². The minimum atomic E-state index is 0. The van der Waals surface area contributed by atoms with Crippen molar-refractivity contribution in [3.05, 3.63) is 95.1 Å². The minimum Gasteiger partial charge on any atom is -0.492 e. The number of halogens is 2. The summed E-state index contributed by atoms with van der Waals surface area (Å²) in [7, 11) is 0. The number of nitrogens with one attached hydrogen (secondary N) is 1. The van der Waals surface area contributed by atoms with Gasteiger partial charge in [0.1, 0.15) is 12.4 Å². The van der Waals surface area contributed by atoms with Crippen molar-refractivity contribution < 1.29 is 4.74 Å². The van der Waals surface area contributed by atoms with Gasteiger partial charge >= 0.3 is 0 Å². The molecule has 0 amide bonds. The van der Waals surface area contributed by atoms with Crippen molar-refractivity contribution in [2.75, 3.05) is 6.61 Å². The molecule has 144 valence electrons. The summed E-state index contributed by atoms with van der Waals surface area (Å²) >= 11 is 5.99. The molecule has 0 aliphatic heterocycles. The van der Waals surface area contributed by atoms with Crippen molar-refractivity contribution in [2.24, 2.45) is 0 Å². The minimum absolute atomic E-state index is 0. The van der Waals surface area contributed by atoms with Crippen molar-refractivity contribution in [1.29, 1.82) is 5.41 Å². The molecule has 0 unspecified atom stereocenters. The Balaban J connectivity index is 0.00000225. The van der Waals surface area contributed by atoms with Crippen LogP contribution in [-0.2, 0) is 13.1 Å². The van der Waals surface area contributed by atoms with E-state index >= 15 is 0 Å². The van der Waals surface area contributed by atoms with Crippen LogP contribution in [0.1, 0.15) is 5.56 Å². The average molecular weight is 414 g/mol. The van der Waals surface area contributed by atoms with Gasteiger partial charge in [-0.05, 0) is 42.0 Å². The number of para-hydroxylation sites is 3. The fourth-order valence-corrected chi connectivity index (χ4v) is 3.35. The monoisotopic (exact) mass is 413 g/mol. The third kappa shape index (κ3) is 4.24. The molecular formula is C22H21Cl2N3O. The molecule has 3 aromatic carbocycles. The summed E-state index contributed by atoms with van der Waals surface area (Å²) < 4.78 is 9.84. The lowest BCUT2D eigenvalue weighted by atomic mass is 10.2. The first kappa shape index (κ1) is 20.1. The van der Waals surface area contributed by atoms with Crippen LogP contribution in [0.25, 0.3) is 11.0 Å². The van der Waals surface area contributed by atoms with Crippen LogP contribution in [0.4, 0.5) is 0 Å². The third-order valence-electron chi connectivity index (χ3n) is 4.56. The molecule has 0 fully saturated rings. The molecule has 0 saturated carbocycles. The van der Waals surface area contributed by atoms with E-state index in [1.54, 1.807) is 0 Å². The highest BCUT2D eigenvalue weighted by atomic mass is 35.5. The number of imidazole rings is 1. The van der Waals surface area contributed by atoms with Crippen molar-refractivity contribution in [3.63, 3.8) is 0 Å². The Morgan fingerprint density at radius 1 is 0.786 bits per heavy atom. The van der Waals surface area contributed by atoms with E-state index in [-0.39, 0.29) is 12.4 Å². The van der Waals surface area contributed by atoms with Crippen molar-refractivity contribution in [3.8, 4) is 5.75 Å². The van der Waals surface area contributed by atoms with Gasteiger partial charge in [-0.3, -0.25) is 5.41 Å². The number of nitrogens with zero attached hydrogens (tertiary/aromatic N) is 2. The maximum Gasteiger partial charge on any atom is 0.203 e. The van der Waals surface area contributed by atoms with Crippen LogP contribution in [0.5, 0.6) is 5.75 Å². The van der Waals surface area contributed by atoms with E-state index in [2.05, 4.69) is 6.07 Å². The molecular weight excluding hydrogens is 393 g/mol. The molecule has 4 aromatic rings. The molecule has 0 spiro atoms. The predicted octanol–water partition coefficient (Wildman–Crippen LogP) is 5.12. The zero-order valence-corrected chi connectivity index (χ0v) is 16.8. The lowest BCUT2D eigenvalue weighted by Crippen LogP contribution is -2.27. The summed E-state index contributed by atoms with van der Waals surface area (Å²) in [5.74, 6) is 0.842. The molecule has 0 atom stereocenters. The largest absolute Gasteiger partial charge is 0.492 e. The number of aromatic nitrogens is 2. The molecule has 0 aliphatic rings. The van der Waals surface area contributed by atoms with E-state index in [4.69, 9.17) is 21.7 Å². The SMILES string of the molecule is Cl.N=c1n(CCOc2ccccc2)c2ccccc2n1Cc1ccc(Cl)cc1. The second kappa shape index (κ2) is 9.00. The summed E-state index contributed by atoms with van der Waals surface area (Å²) in [6.07, 6.45) is 0. The van der Waals surface area contributed by atoms with E-state index in [1.807, 2.05) is 81.9 Å². The molecule has 28 heavy (non-hydrogen) atoms. The number of fused-ring (bicyclic) bond motifs is 1. The average Bonchev–Trinajstić information content (AvgIpc) is 2.96. The first-order valence-corrected chi connectivity index (χ1v) is 9.25. The predicted molar refractivity (Wildman–Crippen MR) is 116 cm³/mol. The highest BCUT2D eigenvalue weighted by molar-refractivity contribution is 6.30. The number of hydrogen-bond acceptors (Lipinski definition) is 2. The van der Waals surface area contributed by atoms with Crippen LogP contribution in [0, 0.1) is 5.41 Å². The first-order valence-electron chi connectivity index (χ1n) is 8.87. The third-order valence-corrected chi connectivity index (χ3v) is 4.81. The molecule has 1 aromatic heterocycles. The van der Waals surface area contributed by atoms with Crippen LogP contribution in [-0.4, -0.2) is 15.7 Å². The topological polar surface area (TPSA) is 42.9 Å². The lowest BCUT2D eigenvalue weighted by molar-refractivity contribution is 0.296. The van der Waals surface area contributed by atoms with Gasteiger partial charge in [-0.1, -0.05) is 54.1 Å². The van der Waals surface area contributed by atoms with Gasteiger partial charge < -0.3 is 13.9 Å². The van der Waals surface area contributed by atoms with Crippen LogP contribution in [0.3, 0.4) is 0 Å². The van der Waals surface area contributed by atoms with Gasteiger partial charge in [-0.25, -0.2) is 0 Å². The molecule has 0 bridgehead atoms. The zero-order chi connectivity index (χ0) is 18.6. The van der Waals surface area contributed by atoms with E-state index in [9.17, 15) is 0 Å². The summed E-state index contributed by atoms with van der Waals surface area (Å²) in [4.78, 5) is 0. The standard InChI is InChI=1S/C22H20ClN3O.ClH/c23-18-12-10-17(11-13-18)16-26-21-9-5-4-8-20(21)25(22(26)24)14-15-27-19-6-2-1-3-7-19;/h1-13,24H,14-16H2;1H. The Bertz CT molecular complexity index is 1100. The smallest absolute Gasteiger partial charge is 0.203 e. The Morgan fingerprint density at radius 2 is 1.39 bits per heavy atom. The number of hydrogen-bond donors (Lipinski definition) is 1. The molecule has 1 N–H and O–H groups in total. The molecule has 0 saturated heterocycles. The van der Waals surface area contributed by atoms with Crippen LogP contribution >= 0.6 is 24.0 Å². The molecule has 0 radical (unpaired) electrons. The summed E-state index contributed by atoms with van der Waals surface area (Å²) in [6, 6.07) is 25.6. The first-order chi connectivity index (χ1) is 13.2. The van der Waals surface area contributed by atoms with Gasteiger partial charge in [0.2, 0.25) is 5.62 Å². The van der Waals surface area contributed by atoms with Gasteiger partial charge in [0, 0.05) is 5.02 Å². The number of benzene rings is 3. The Hall–Kier alpha value is -2.69. The molecule has 0 aliphatic carbocycles. The summed E-state index contributed by atoms with van der Waals surface area (Å²) in [5, 5.41) is 9.41. The van der Waals surface area contributed by atoms with Crippen LogP contribution < -0.4 is 10.4 Å². The number of rotatable bonds is 6. The summed E-state index contributed by atoms with van der Waals surface area (Å²) in [5.41, 5.74) is 3.65.